The molecule has 0 saturated carbocycles. The van der Waals surface area contributed by atoms with Gasteiger partial charge < -0.3 is 24.8 Å². The molecule has 1 saturated heterocycles. The highest BCUT2D eigenvalue weighted by Crippen LogP contribution is 2.52. The second-order valence-electron chi connectivity index (χ2n) is 10.9. The van der Waals surface area contributed by atoms with Crippen molar-refractivity contribution in [2.45, 2.75) is 69.6 Å². The molecule has 0 bridgehead atoms. The highest BCUT2D eigenvalue weighted by molar-refractivity contribution is 6.31. The Morgan fingerprint density at radius 2 is 1.77 bits per heavy atom. The number of aliphatic hydroxyl groups is 1. The van der Waals surface area contributed by atoms with E-state index in [0.717, 1.165) is 6.92 Å². The topological polar surface area (TPSA) is 160 Å². The highest BCUT2D eigenvalue weighted by Gasteiger charge is 2.52. The fourth-order valence-corrected chi connectivity index (χ4v) is 6.03. The van der Waals surface area contributed by atoms with Gasteiger partial charge >= 0.3 is 12.1 Å². The Morgan fingerprint density at radius 1 is 1.09 bits per heavy atom. The maximum absolute atomic E-state index is 13.8. The molecular weight excluding hydrogens is 579 g/mol. The van der Waals surface area contributed by atoms with Gasteiger partial charge in [-0.3, -0.25) is 24.0 Å². The first kappa shape index (κ1) is 30.4. The number of carbonyl (C=O) groups excluding carboxylic acids is 4. The van der Waals surface area contributed by atoms with E-state index in [0.29, 0.717) is 0 Å². The number of amides is 1. The number of aromatic hydroxyl groups is 2. The average molecular weight is 608 g/mol. The minimum absolute atomic E-state index is 0.00681. The van der Waals surface area contributed by atoms with Gasteiger partial charge in [0, 0.05) is 36.1 Å². The quantitative estimate of drug-likeness (QED) is 0.291. The molecule has 4 atom stereocenters. The molecule has 3 N–H and O–H groups in total. The predicted molar refractivity (Wildman–Crippen MR) is 139 cm³/mol. The lowest BCUT2D eigenvalue weighted by atomic mass is 9.72. The van der Waals surface area contributed by atoms with Crippen molar-refractivity contribution < 1.29 is 62.0 Å². The number of alkyl halides is 3. The Labute approximate surface area is 242 Å². The van der Waals surface area contributed by atoms with Crippen molar-refractivity contribution in [2.24, 2.45) is 0 Å². The van der Waals surface area contributed by atoms with Crippen molar-refractivity contribution in [3.8, 4) is 17.2 Å². The molecule has 3 aliphatic rings. The zero-order chi connectivity index (χ0) is 31.6. The average Bonchev–Trinajstić information content (AvgIpc) is 2.94. The first-order valence-electron chi connectivity index (χ1n) is 13.4. The van der Waals surface area contributed by atoms with Crippen LogP contribution >= 0.6 is 0 Å². The molecule has 1 aliphatic heterocycles. The smallest absolute Gasteiger partial charge is 0.473 e. The van der Waals surface area contributed by atoms with Gasteiger partial charge in [0.05, 0.1) is 35.9 Å². The molecular formula is C29H28F3NO10. The van der Waals surface area contributed by atoms with Crippen LogP contribution in [0.2, 0.25) is 0 Å². The summed E-state index contributed by atoms with van der Waals surface area (Å²) in [6.07, 6.45) is -9.29. The molecule has 0 aromatic heterocycles. The van der Waals surface area contributed by atoms with Gasteiger partial charge in [-0.1, -0.05) is 12.1 Å². The third kappa shape index (κ3) is 4.92. The van der Waals surface area contributed by atoms with E-state index in [2.05, 4.69) is 0 Å². The van der Waals surface area contributed by atoms with Crippen molar-refractivity contribution in [1.82, 2.24) is 5.06 Å². The molecule has 11 nitrogen and oxygen atoms in total. The lowest BCUT2D eigenvalue weighted by Gasteiger charge is -2.42. The molecule has 2 aromatic rings. The number of nitrogens with zero attached hydrogens (tertiary/aromatic N) is 1. The monoisotopic (exact) mass is 607 g/mol. The van der Waals surface area contributed by atoms with E-state index in [1.165, 1.54) is 25.3 Å². The van der Waals surface area contributed by atoms with Crippen LogP contribution in [0.3, 0.4) is 0 Å². The molecule has 0 spiro atoms. The van der Waals surface area contributed by atoms with Crippen LogP contribution in [0.15, 0.2) is 18.2 Å². The number of hydrogen-bond donors (Lipinski definition) is 3. The molecule has 230 valence electrons. The number of ether oxygens (including phenoxy) is 2. The SMILES string of the molecule is COc1cccc2c1C(=O)c1c(O)c3c(c(O)c1C2=O)CC(O)(C(C)=O)CC3ON(C(=O)C(F)(F)F)C1CCOC(C)C1. The zero-order valence-corrected chi connectivity index (χ0v) is 23.3. The summed E-state index contributed by atoms with van der Waals surface area (Å²) in [4.78, 5) is 58.1. The Morgan fingerprint density at radius 3 is 2.37 bits per heavy atom. The maximum atomic E-state index is 13.8. The van der Waals surface area contributed by atoms with Crippen LogP contribution in [-0.2, 0) is 25.6 Å². The van der Waals surface area contributed by atoms with Gasteiger partial charge in [0.25, 0.3) is 0 Å². The summed E-state index contributed by atoms with van der Waals surface area (Å²) >= 11 is 0. The minimum atomic E-state index is -5.39. The summed E-state index contributed by atoms with van der Waals surface area (Å²) in [5, 5.41) is 34.2. The van der Waals surface area contributed by atoms with Crippen molar-refractivity contribution in [2.75, 3.05) is 13.7 Å². The number of ketones is 3. The Hall–Kier alpha value is -4.01. The first-order chi connectivity index (χ1) is 20.1. The van der Waals surface area contributed by atoms with Crippen LogP contribution in [0.4, 0.5) is 13.2 Å². The van der Waals surface area contributed by atoms with Crippen molar-refractivity contribution in [1.29, 1.82) is 0 Å². The summed E-state index contributed by atoms with van der Waals surface area (Å²) in [5.41, 5.74) is -4.81. The van der Waals surface area contributed by atoms with Gasteiger partial charge in [0.1, 0.15) is 29.0 Å². The third-order valence-electron chi connectivity index (χ3n) is 8.20. The van der Waals surface area contributed by atoms with Gasteiger partial charge in [0.2, 0.25) is 5.78 Å². The number of hydrogen-bond acceptors (Lipinski definition) is 10. The maximum Gasteiger partial charge on any atom is 0.473 e. The Kier molecular flexibility index (Phi) is 7.51. The molecule has 1 fully saturated rings. The fraction of sp³-hybridized carbons (Fsp3) is 0.448. The Balaban J connectivity index is 1.71. The van der Waals surface area contributed by atoms with Crippen molar-refractivity contribution in [3.05, 3.63) is 51.6 Å². The van der Waals surface area contributed by atoms with E-state index < -0.39 is 99.9 Å². The van der Waals surface area contributed by atoms with Crippen LogP contribution in [0, 0.1) is 0 Å². The van der Waals surface area contributed by atoms with E-state index in [1.807, 2.05) is 0 Å². The molecule has 0 radical (unpaired) electrons. The van der Waals surface area contributed by atoms with E-state index >= 15 is 0 Å². The van der Waals surface area contributed by atoms with Gasteiger partial charge in [-0.25, -0.2) is 5.06 Å². The highest BCUT2D eigenvalue weighted by atomic mass is 19.4. The number of carbonyl (C=O) groups is 4. The minimum Gasteiger partial charge on any atom is -0.507 e. The summed E-state index contributed by atoms with van der Waals surface area (Å²) in [6.45, 7) is 2.61. The molecule has 43 heavy (non-hydrogen) atoms. The molecule has 14 heteroatoms. The number of phenols is 2. The number of halogens is 3. The number of phenolic OH excluding ortho intramolecular Hbond substituents is 2. The van der Waals surface area contributed by atoms with Gasteiger partial charge in [-0.2, -0.15) is 13.2 Å². The summed E-state index contributed by atoms with van der Waals surface area (Å²) in [5.74, 6) is -6.81. The molecule has 4 unspecified atom stereocenters. The van der Waals surface area contributed by atoms with Crippen LogP contribution in [0.25, 0.3) is 0 Å². The molecule has 1 amide bonds. The lowest BCUT2D eigenvalue weighted by molar-refractivity contribution is -0.269. The second kappa shape index (κ2) is 10.6. The van der Waals surface area contributed by atoms with Crippen molar-refractivity contribution >= 4 is 23.3 Å². The van der Waals surface area contributed by atoms with E-state index in [9.17, 15) is 47.7 Å². The number of Topliss-reactive ketones (excluding diaryl/α,β-unsaturated/α-hetero) is 1. The number of hydroxylamine groups is 2. The standard InChI is InChI=1S/C29H28F3NO10/c1-12-9-14(7-8-42-12)33(27(39)29(30,31)32)43-18-11-28(40,13(2)34)10-16-20(18)26(38)22-21(24(16)36)23(35)15-5-4-6-17(41-3)19(15)25(22)37/h4-6,12,14,18,36,38,40H,7-11H2,1-3H3. The van der Waals surface area contributed by atoms with Crippen molar-refractivity contribution in [3.63, 3.8) is 0 Å². The molecule has 2 aromatic carbocycles. The largest absolute Gasteiger partial charge is 0.507 e. The molecule has 5 rings (SSSR count). The van der Waals surface area contributed by atoms with Crippen LogP contribution < -0.4 is 4.74 Å². The molecule has 1 heterocycles. The third-order valence-corrected chi connectivity index (χ3v) is 8.20. The van der Waals surface area contributed by atoms with E-state index in [-0.39, 0.29) is 41.4 Å². The van der Waals surface area contributed by atoms with Crippen LogP contribution in [0.5, 0.6) is 17.2 Å². The number of methoxy groups -OCH3 is 1. The van der Waals surface area contributed by atoms with Crippen LogP contribution in [0.1, 0.15) is 82.2 Å². The zero-order valence-electron chi connectivity index (χ0n) is 23.3. The van der Waals surface area contributed by atoms with E-state index in [1.54, 1.807) is 6.92 Å². The number of benzene rings is 2. The van der Waals surface area contributed by atoms with Crippen LogP contribution in [-0.4, -0.2) is 81.3 Å². The summed E-state index contributed by atoms with van der Waals surface area (Å²) in [6, 6.07) is 3.00. The predicted octanol–water partition coefficient (Wildman–Crippen LogP) is 3.08. The molecule has 2 aliphatic carbocycles. The Bertz CT molecular complexity index is 1550. The summed E-state index contributed by atoms with van der Waals surface area (Å²) < 4.78 is 51.9. The number of fused-ring (bicyclic) bond motifs is 3. The van der Waals surface area contributed by atoms with E-state index in [4.69, 9.17) is 14.3 Å². The summed E-state index contributed by atoms with van der Waals surface area (Å²) in [7, 11) is 1.25. The van der Waals surface area contributed by atoms with Gasteiger partial charge in [0.15, 0.2) is 11.6 Å². The van der Waals surface area contributed by atoms with Gasteiger partial charge in [-0.15, -0.1) is 0 Å². The lowest BCUT2D eigenvalue weighted by Crippen LogP contribution is -2.52. The first-order valence-corrected chi connectivity index (χ1v) is 13.4. The second-order valence-corrected chi connectivity index (χ2v) is 10.9. The normalized spacial score (nSPS) is 25.0. The fourth-order valence-electron chi connectivity index (χ4n) is 6.03. The number of rotatable bonds is 5. The van der Waals surface area contributed by atoms with Gasteiger partial charge in [-0.05, 0) is 32.8 Å².